The fourth-order valence-electron chi connectivity index (χ4n) is 6.48. The lowest BCUT2D eigenvalue weighted by molar-refractivity contribution is -0.161. The lowest BCUT2D eigenvalue weighted by atomic mass is 10.1. The number of esters is 3. The molecule has 3 unspecified atom stereocenters. The molecule has 0 aliphatic heterocycles. The maximum absolute atomic E-state index is 12.8. The third-order valence-electron chi connectivity index (χ3n) is 10.3. The number of phosphoric ester groups is 1. The number of allylic oxidation sites excluding steroid dienone is 14. The molecule has 0 aromatic rings. The van der Waals surface area contributed by atoms with E-state index in [2.05, 4.69) is 106 Å². The Labute approximate surface area is 400 Å². The molecular weight excluding hydrogens is 856 g/mol. The van der Waals surface area contributed by atoms with Crippen molar-refractivity contribution in [2.75, 3.05) is 26.4 Å². The maximum atomic E-state index is 12.8. The Hall–Kier alpha value is -3.34. The number of carbonyl (C=O) groups excluding carboxylic acids is 3. The van der Waals surface area contributed by atoms with Crippen molar-refractivity contribution in [2.45, 2.75) is 213 Å². The van der Waals surface area contributed by atoms with Gasteiger partial charge in [0.15, 0.2) is 6.10 Å². The zero-order valence-electron chi connectivity index (χ0n) is 41.4. The van der Waals surface area contributed by atoms with Crippen LogP contribution in [0.25, 0.3) is 0 Å². The Balaban J connectivity index is 4.78. The monoisotopic (exact) mass is 947 g/mol. The number of ether oxygens (including phenoxy) is 3. The van der Waals surface area contributed by atoms with Crippen LogP contribution in [-0.4, -0.2) is 66.5 Å². The van der Waals surface area contributed by atoms with Crippen LogP contribution in [0.2, 0.25) is 0 Å². The summed E-state index contributed by atoms with van der Waals surface area (Å²) in [6.07, 6.45) is 52.8. The van der Waals surface area contributed by atoms with Gasteiger partial charge in [0.25, 0.3) is 0 Å². The molecule has 0 amide bonds. The van der Waals surface area contributed by atoms with Crippen molar-refractivity contribution >= 4 is 25.7 Å². The molecule has 0 aliphatic carbocycles. The molecule has 0 aromatic heterocycles. The number of phosphoric acid groups is 1. The summed E-state index contributed by atoms with van der Waals surface area (Å²) in [6, 6.07) is 0. The Morgan fingerprint density at radius 1 is 0.439 bits per heavy atom. The molecule has 0 rings (SSSR count). The Kier molecular flexibility index (Phi) is 45.7. The van der Waals surface area contributed by atoms with E-state index in [1.165, 1.54) is 32.1 Å². The van der Waals surface area contributed by atoms with E-state index >= 15 is 0 Å². The van der Waals surface area contributed by atoms with Gasteiger partial charge in [-0.25, -0.2) is 4.57 Å². The summed E-state index contributed by atoms with van der Waals surface area (Å²) in [5, 5.41) is 9.75. The minimum Gasteiger partial charge on any atom is -0.462 e. The van der Waals surface area contributed by atoms with E-state index in [1.807, 2.05) is 0 Å². The highest BCUT2D eigenvalue weighted by atomic mass is 31.2. The normalized spacial score (nSPS) is 14.2. The number of rotatable bonds is 46. The summed E-state index contributed by atoms with van der Waals surface area (Å²) >= 11 is 0. The van der Waals surface area contributed by atoms with Gasteiger partial charge in [-0.3, -0.25) is 23.4 Å². The molecule has 0 saturated carbocycles. The minimum absolute atomic E-state index is 0.135. The lowest BCUT2D eigenvalue weighted by Crippen LogP contribution is -2.30. The number of hydrogen-bond donors (Lipinski definition) is 2. The molecule has 0 radical (unpaired) electrons. The van der Waals surface area contributed by atoms with Gasteiger partial charge < -0.3 is 24.2 Å². The van der Waals surface area contributed by atoms with E-state index in [-0.39, 0.29) is 25.9 Å². The van der Waals surface area contributed by atoms with Gasteiger partial charge in [-0.05, 0) is 89.9 Å². The highest BCUT2D eigenvalue weighted by molar-refractivity contribution is 7.47. The molecule has 0 spiro atoms. The average Bonchev–Trinajstić information content (AvgIpc) is 3.30. The van der Waals surface area contributed by atoms with Crippen molar-refractivity contribution in [3.05, 3.63) is 85.1 Å². The van der Waals surface area contributed by atoms with Gasteiger partial charge in [-0.1, -0.05) is 176 Å². The van der Waals surface area contributed by atoms with E-state index in [4.69, 9.17) is 23.3 Å². The molecule has 0 aliphatic rings. The number of carbonyl (C=O) groups is 3. The lowest BCUT2D eigenvalue weighted by Gasteiger charge is -2.21. The zero-order valence-corrected chi connectivity index (χ0v) is 42.3. The number of unbranched alkanes of at least 4 members (excludes halogenated alkanes) is 15. The van der Waals surface area contributed by atoms with E-state index < -0.39 is 57.8 Å². The first-order chi connectivity index (χ1) is 32.2. The van der Waals surface area contributed by atoms with Crippen LogP contribution in [0.1, 0.15) is 201 Å². The fourth-order valence-corrected chi connectivity index (χ4v) is 7.26. The van der Waals surface area contributed by atoms with Crippen LogP contribution in [0.5, 0.6) is 0 Å². The highest BCUT2D eigenvalue weighted by Crippen LogP contribution is 2.43. The standard InChI is InChI=1S/C54H91O11P/c1-4-7-10-13-16-19-21-23-24-25-26-28-30-33-36-39-42-45-54(58)65-51(47-61-52(56)43-40-37-34-31-18-15-12-9-6-3)49-63-66(59,60)62-48-50(46-55)64-53(57)44-41-38-35-32-29-27-22-20-17-14-11-8-5-2/h7-8,10-11,16-17,19-20,23-24,26-29,50-51,55H,4-6,9,12-15,18,21-22,25,30-49H2,1-3H3,(H,59,60)/b10-7-,11-8-,19-16-,20-17-,24-23-,28-26-,29-27-. The van der Waals surface area contributed by atoms with Gasteiger partial charge in [0.1, 0.15) is 12.7 Å². The first kappa shape index (κ1) is 62.7. The minimum atomic E-state index is -4.75. The summed E-state index contributed by atoms with van der Waals surface area (Å²) in [4.78, 5) is 48.2. The van der Waals surface area contributed by atoms with Gasteiger partial charge in [-0.15, -0.1) is 0 Å². The van der Waals surface area contributed by atoms with Crippen LogP contribution in [0, 0.1) is 0 Å². The largest absolute Gasteiger partial charge is 0.472 e. The van der Waals surface area contributed by atoms with Crippen LogP contribution in [0.15, 0.2) is 85.1 Å². The Morgan fingerprint density at radius 2 is 0.788 bits per heavy atom. The molecule has 11 nitrogen and oxygen atoms in total. The zero-order chi connectivity index (χ0) is 48.4. The summed E-state index contributed by atoms with van der Waals surface area (Å²) in [5.74, 6) is -1.53. The van der Waals surface area contributed by atoms with Gasteiger partial charge in [0.2, 0.25) is 0 Å². The van der Waals surface area contributed by atoms with Crippen molar-refractivity contribution < 1.29 is 52.2 Å². The van der Waals surface area contributed by atoms with Gasteiger partial charge in [0, 0.05) is 19.3 Å². The predicted octanol–water partition coefficient (Wildman–Crippen LogP) is 14.4. The third-order valence-corrected chi connectivity index (χ3v) is 11.3. The van der Waals surface area contributed by atoms with Crippen LogP contribution in [0.4, 0.5) is 0 Å². The van der Waals surface area contributed by atoms with Crippen LogP contribution in [-0.2, 0) is 42.2 Å². The van der Waals surface area contributed by atoms with Crippen LogP contribution < -0.4 is 0 Å². The molecule has 12 heteroatoms. The number of aliphatic hydroxyl groups is 1. The van der Waals surface area contributed by atoms with E-state index in [0.717, 1.165) is 109 Å². The second kappa shape index (κ2) is 48.1. The smallest absolute Gasteiger partial charge is 0.462 e. The Morgan fingerprint density at radius 3 is 1.23 bits per heavy atom. The molecule has 2 N–H and O–H groups in total. The summed E-state index contributed by atoms with van der Waals surface area (Å²) in [5.41, 5.74) is 0. The van der Waals surface area contributed by atoms with Crippen molar-refractivity contribution in [2.24, 2.45) is 0 Å². The SMILES string of the molecule is CC/C=C\C/C=C\C/C=C\C/C=C\CCCCCCC(=O)OC(COC(=O)CCCCCCCCCCC)COP(=O)(O)OCC(CO)OC(=O)CCCCC/C=C\C/C=C\C/C=C\CC. The second-order valence-electron chi connectivity index (χ2n) is 16.6. The first-order valence-corrected chi connectivity index (χ1v) is 27.0. The quantitative estimate of drug-likeness (QED) is 0.0197. The highest BCUT2D eigenvalue weighted by Gasteiger charge is 2.28. The van der Waals surface area contributed by atoms with Crippen molar-refractivity contribution in [1.82, 2.24) is 0 Å². The van der Waals surface area contributed by atoms with Crippen molar-refractivity contribution in [3.8, 4) is 0 Å². The summed E-state index contributed by atoms with van der Waals surface area (Å²) < 4.78 is 39.2. The van der Waals surface area contributed by atoms with E-state index in [0.29, 0.717) is 19.3 Å². The number of hydrogen-bond acceptors (Lipinski definition) is 10. The van der Waals surface area contributed by atoms with E-state index in [9.17, 15) is 28.9 Å². The maximum Gasteiger partial charge on any atom is 0.472 e. The van der Waals surface area contributed by atoms with Crippen molar-refractivity contribution in [1.29, 1.82) is 0 Å². The predicted molar refractivity (Wildman–Crippen MR) is 270 cm³/mol. The first-order valence-electron chi connectivity index (χ1n) is 25.5. The third kappa shape index (κ3) is 45.8. The van der Waals surface area contributed by atoms with Crippen molar-refractivity contribution in [3.63, 3.8) is 0 Å². The fraction of sp³-hybridized carbons (Fsp3) is 0.685. The molecule has 0 saturated heterocycles. The Bertz CT molecular complexity index is 1430. The van der Waals surface area contributed by atoms with Crippen LogP contribution in [0.3, 0.4) is 0 Å². The molecule has 0 bridgehead atoms. The molecule has 378 valence electrons. The summed E-state index contributed by atoms with van der Waals surface area (Å²) in [7, 11) is -4.75. The molecule has 66 heavy (non-hydrogen) atoms. The molecule has 3 atom stereocenters. The molecule has 0 aromatic carbocycles. The second-order valence-corrected chi connectivity index (χ2v) is 18.0. The topological polar surface area (TPSA) is 155 Å². The molecule has 0 heterocycles. The average molecular weight is 947 g/mol. The molecule has 0 fully saturated rings. The number of aliphatic hydroxyl groups excluding tert-OH is 1. The summed E-state index contributed by atoms with van der Waals surface area (Å²) in [6.45, 7) is 4.30. The van der Waals surface area contributed by atoms with Gasteiger partial charge in [-0.2, -0.15) is 0 Å². The molecular formula is C54H91O11P. The van der Waals surface area contributed by atoms with E-state index in [1.54, 1.807) is 0 Å². The van der Waals surface area contributed by atoms with Gasteiger partial charge >= 0.3 is 25.7 Å². The van der Waals surface area contributed by atoms with Gasteiger partial charge in [0.05, 0.1) is 19.8 Å². The van der Waals surface area contributed by atoms with Crippen LogP contribution >= 0.6 is 7.82 Å².